The van der Waals surface area contributed by atoms with Gasteiger partial charge in [0.15, 0.2) is 0 Å². The van der Waals surface area contributed by atoms with Gasteiger partial charge in [-0.05, 0) is 50.9 Å². The normalized spacial score (nSPS) is 19.1. The molecule has 2 heterocycles. The Kier molecular flexibility index (Phi) is 5.17. The van der Waals surface area contributed by atoms with Crippen LogP contribution in [0.4, 0.5) is 5.69 Å². The van der Waals surface area contributed by atoms with Gasteiger partial charge in [0.05, 0.1) is 6.61 Å². The maximum atomic E-state index is 12.7. The van der Waals surface area contributed by atoms with E-state index in [0.29, 0.717) is 24.1 Å². The number of carbonyl (C=O) groups excluding carboxylic acids is 1. The van der Waals surface area contributed by atoms with Gasteiger partial charge in [0.25, 0.3) is 0 Å². The second-order valence-corrected chi connectivity index (χ2v) is 6.01. The number of carbonyl (C=O) groups is 1. The van der Waals surface area contributed by atoms with Crippen LogP contribution in [0.1, 0.15) is 33.6 Å². The van der Waals surface area contributed by atoms with E-state index in [2.05, 4.69) is 15.6 Å². The van der Waals surface area contributed by atoms with Crippen LogP contribution in [0.5, 0.6) is 5.88 Å². The van der Waals surface area contributed by atoms with E-state index >= 15 is 0 Å². The summed E-state index contributed by atoms with van der Waals surface area (Å²) in [6.07, 6.45) is 3.87. The fourth-order valence-electron chi connectivity index (χ4n) is 2.67. The predicted molar refractivity (Wildman–Crippen MR) is 83.4 cm³/mol. The Hall–Kier alpha value is -1.62. The number of piperidine rings is 1. The molecule has 0 aliphatic carbocycles. The molecule has 2 N–H and O–H groups in total. The molecular formula is C16H25N3O2. The Morgan fingerprint density at radius 3 is 3.05 bits per heavy atom. The van der Waals surface area contributed by atoms with Crippen LogP contribution in [0.15, 0.2) is 18.3 Å². The number of pyridine rings is 1. The molecule has 1 aromatic heterocycles. The molecule has 1 unspecified atom stereocenters. The summed E-state index contributed by atoms with van der Waals surface area (Å²) in [6, 6.07) is 3.62. The van der Waals surface area contributed by atoms with Gasteiger partial charge in [0.2, 0.25) is 11.8 Å². The van der Waals surface area contributed by atoms with Crippen molar-refractivity contribution in [3.63, 3.8) is 0 Å². The number of hydrogen-bond donors (Lipinski definition) is 2. The molecule has 0 spiro atoms. The highest BCUT2D eigenvalue weighted by molar-refractivity contribution is 5.96. The molecule has 0 radical (unpaired) electrons. The van der Waals surface area contributed by atoms with E-state index in [0.717, 1.165) is 25.9 Å². The van der Waals surface area contributed by atoms with Gasteiger partial charge in [0, 0.05) is 11.6 Å². The molecule has 0 saturated carbocycles. The molecular weight excluding hydrogens is 266 g/mol. The second-order valence-electron chi connectivity index (χ2n) is 6.01. The summed E-state index contributed by atoms with van der Waals surface area (Å²) in [5.74, 6) is 0.842. The monoisotopic (exact) mass is 291 g/mol. The molecule has 1 aromatic rings. The van der Waals surface area contributed by atoms with Gasteiger partial charge in [-0.1, -0.05) is 13.8 Å². The van der Waals surface area contributed by atoms with Gasteiger partial charge >= 0.3 is 0 Å². The van der Waals surface area contributed by atoms with Crippen molar-refractivity contribution in [2.75, 3.05) is 25.0 Å². The fourth-order valence-corrected chi connectivity index (χ4v) is 2.67. The van der Waals surface area contributed by atoms with Crippen LogP contribution >= 0.6 is 0 Å². The highest BCUT2D eigenvalue weighted by Crippen LogP contribution is 2.34. The molecule has 0 bridgehead atoms. The summed E-state index contributed by atoms with van der Waals surface area (Å²) in [5, 5.41) is 6.35. The first-order chi connectivity index (χ1) is 10.1. The number of rotatable bonds is 5. The van der Waals surface area contributed by atoms with Gasteiger partial charge in [0.1, 0.15) is 5.69 Å². The average molecular weight is 291 g/mol. The number of aromatic nitrogens is 1. The number of amides is 1. The Morgan fingerprint density at radius 1 is 1.57 bits per heavy atom. The first kappa shape index (κ1) is 15.8. The minimum atomic E-state index is -0.424. The molecule has 116 valence electrons. The van der Waals surface area contributed by atoms with Crippen molar-refractivity contribution in [1.29, 1.82) is 0 Å². The highest BCUT2D eigenvalue weighted by atomic mass is 16.5. The average Bonchev–Trinajstić information content (AvgIpc) is 2.50. The van der Waals surface area contributed by atoms with Crippen molar-refractivity contribution in [2.24, 2.45) is 11.3 Å². The van der Waals surface area contributed by atoms with E-state index in [9.17, 15) is 4.79 Å². The first-order valence-electron chi connectivity index (χ1n) is 7.65. The highest BCUT2D eigenvalue weighted by Gasteiger charge is 2.37. The van der Waals surface area contributed by atoms with Gasteiger partial charge in [-0.3, -0.25) is 4.79 Å². The molecule has 1 amide bonds. The molecule has 5 nitrogen and oxygen atoms in total. The lowest BCUT2D eigenvalue weighted by Crippen LogP contribution is -2.44. The summed E-state index contributed by atoms with van der Waals surface area (Å²) >= 11 is 0. The van der Waals surface area contributed by atoms with Crippen molar-refractivity contribution in [3.05, 3.63) is 18.3 Å². The van der Waals surface area contributed by atoms with E-state index in [1.54, 1.807) is 12.3 Å². The summed E-state index contributed by atoms with van der Waals surface area (Å²) in [5.41, 5.74) is 0.216. The standard InChI is InChI=1S/C16H25N3O2/c1-4-21-14-13(8-6-10-18-14)19-15(20)16(2,3)12-7-5-9-17-11-12/h6,8,10,12,17H,4-5,7,9,11H2,1-3H3,(H,19,20). The van der Waals surface area contributed by atoms with Crippen molar-refractivity contribution >= 4 is 11.6 Å². The van der Waals surface area contributed by atoms with Crippen molar-refractivity contribution in [3.8, 4) is 5.88 Å². The van der Waals surface area contributed by atoms with Crippen molar-refractivity contribution < 1.29 is 9.53 Å². The van der Waals surface area contributed by atoms with Gasteiger partial charge in [-0.25, -0.2) is 4.98 Å². The molecule has 1 atom stereocenters. The number of nitrogens with zero attached hydrogens (tertiary/aromatic N) is 1. The molecule has 5 heteroatoms. The lowest BCUT2D eigenvalue weighted by atomic mass is 9.74. The number of anilines is 1. The van der Waals surface area contributed by atoms with E-state index in [1.165, 1.54) is 0 Å². The molecule has 2 rings (SSSR count). The topological polar surface area (TPSA) is 63.2 Å². The van der Waals surface area contributed by atoms with Crippen LogP contribution in [-0.4, -0.2) is 30.6 Å². The fraction of sp³-hybridized carbons (Fsp3) is 0.625. The van der Waals surface area contributed by atoms with Crippen LogP contribution in [0.2, 0.25) is 0 Å². The lowest BCUT2D eigenvalue weighted by Gasteiger charge is -2.36. The summed E-state index contributed by atoms with van der Waals surface area (Å²) in [7, 11) is 0. The second kappa shape index (κ2) is 6.89. The molecule has 21 heavy (non-hydrogen) atoms. The third-order valence-corrected chi connectivity index (χ3v) is 4.20. The third kappa shape index (κ3) is 3.73. The lowest BCUT2D eigenvalue weighted by molar-refractivity contribution is -0.127. The first-order valence-corrected chi connectivity index (χ1v) is 7.65. The van der Waals surface area contributed by atoms with Gasteiger partial charge in [-0.2, -0.15) is 0 Å². The van der Waals surface area contributed by atoms with Crippen LogP contribution in [-0.2, 0) is 4.79 Å². The summed E-state index contributed by atoms with van der Waals surface area (Å²) in [6.45, 7) is 8.39. The van der Waals surface area contributed by atoms with Crippen LogP contribution in [0.3, 0.4) is 0 Å². The quantitative estimate of drug-likeness (QED) is 0.874. The van der Waals surface area contributed by atoms with Crippen LogP contribution in [0.25, 0.3) is 0 Å². The zero-order valence-corrected chi connectivity index (χ0v) is 13.1. The largest absolute Gasteiger partial charge is 0.476 e. The third-order valence-electron chi connectivity index (χ3n) is 4.20. The summed E-state index contributed by atoms with van der Waals surface area (Å²) in [4.78, 5) is 16.8. The van der Waals surface area contributed by atoms with Crippen molar-refractivity contribution in [2.45, 2.75) is 33.6 Å². The smallest absolute Gasteiger partial charge is 0.237 e. The number of ether oxygens (including phenoxy) is 1. The maximum absolute atomic E-state index is 12.7. The SMILES string of the molecule is CCOc1ncccc1NC(=O)C(C)(C)C1CCCNC1. The molecule has 1 fully saturated rings. The Bertz CT molecular complexity index is 482. The Labute approximate surface area is 126 Å². The van der Waals surface area contributed by atoms with Gasteiger partial charge < -0.3 is 15.4 Å². The minimum absolute atomic E-state index is 0.0187. The Balaban J connectivity index is 2.09. The minimum Gasteiger partial charge on any atom is -0.476 e. The molecule has 1 saturated heterocycles. The van der Waals surface area contributed by atoms with E-state index in [4.69, 9.17) is 4.74 Å². The van der Waals surface area contributed by atoms with E-state index < -0.39 is 5.41 Å². The zero-order valence-electron chi connectivity index (χ0n) is 13.1. The van der Waals surface area contributed by atoms with Gasteiger partial charge in [-0.15, -0.1) is 0 Å². The Morgan fingerprint density at radius 2 is 2.38 bits per heavy atom. The maximum Gasteiger partial charge on any atom is 0.237 e. The summed E-state index contributed by atoms with van der Waals surface area (Å²) < 4.78 is 5.46. The zero-order chi connectivity index (χ0) is 15.3. The number of hydrogen-bond acceptors (Lipinski definition) is 4. The molecule has 1 aliphatic heterocycles. The molecule has 0 aromatic carbocycles. The predicted octanol–water partition coefficient (Wildman–Crippen LogP) is 2.44. The van der Waals surface area contributed by atoms with E-state index in [-0.39, 0.29) is 5.91 Å². The van der Waals surface area contributed by atoms with Crippen LogP contribution in [0, 0.1) is 11.3 Å². The molecule has 1 aliphatic rings. The number of nitrogens with one attached hydrogen (secondary N) is 2. The van der Waals surface area contributed by atoms with E-state index in [1.807, 2.05) is 26.8 Å². The van der Waals surface area contributed by atoms with Crippen molar-refractivity contribution in [1.82, 2.24) is 10.3 Å². The van der Waals surface area contributed by atoms with Crippen LogP contribution < -0.4 is 15.4 Å².